The first kappa shape index (κ1) is 17.5. The van der Waals surface area contributed by atoms with Gasteiger partial charge in [-0.25, -0.2) is 0 Å². The van der Waals surface area contributed by atoms with Gasteiger partial charge >= 0.3 is 5.97 Å². The molecule has 1 aromatic carbocycles. The van der Waals surface area contributed by atoms with Crippen LogP contribution in [0.2, 0.25) is 0 Å². The molecule has 0 radical (unpaired) electrons. The van der Waals surface area contributed by atoms with Gasteiger partial charge in [0.1, 0.15) is 6.10 Å². The zero-order valence-corrected chi connectivity index (χ0v) is 15.3. The van der Waals surface area contributed by atoms with Crippen LogP contribution in [0.5, 0.6) is 0 Å². The van der Waals surface area contributed by atoms with Crippen molar-refractivity contribution in [3.8, 4) is 0 Å². The van der Waals surface area contributed by atoms with Gasteiger partial charge in [-0.15, -0.1) is 0 Å². The van der Waals surface area contributed by atoms with Crippen LogP contribution in [0.1, 0.15) is 82.3 Å². The van der Waals surface area contributed by atoms with Crippen LogP contribution in [-0.2, 0) is 16.0 Å². The lowest BCUT2D eigenvalue weighted by Crippen LogP contribution is -2.36. The molecule has 2 nitrogen and oxygen atoms in total. The van der Waals surface area contributed by atoms with Crippen molar-refractivity contribution in [2.45, 2.75) is 83.7 Å². The number of cyclic esters (lactones) is 1. The number of benzene rings is 1. The molecule has 2 atom stereocenters. The number of carbonyl (C=O) groups is 1. The Morgan fingerprint density at radius 2 is 1.67 bits per heavy atom. The second-order valence-electron chi connectivity index (χ2n) is 7.77. The van der Waals surface area contributed by atoms with Gasteiger partial charge in [-0.05, 0) is 55.1 Å². The van der Waals surface area contributed by atoms with E-state index in [4.69, 9.17) is 4.74 Å². The number of aryl methyl sites for hydroxylation is 1. The highest BCUT2D eigenvalue weighted by atomic mass is 16.5. The highest BCUT2D eigenvalue weighted by Gasteiger charge is 2.36. The van der Waals surface area contributed by atoms with Crippen molar-refractivity contribution in [3.05, 3.63) is 35.4 Å². The lowest BCUT2D eigenvalue weighted by molar-refractivity contribution is -0.160. The number of hydrogen-bond acceptors (Lipinski definition) is 2. The van der Waals surface area contributed by atoms with Crippen molar-refractivity contribution in [2.24, 2.45) is 11.8 Å². The average Bonchev–Trinajstić information content (AvgIpc) is 2.63. The smallest absolute Gasteiger partial charge is 0.313 e. The largest absolute Gasteiger partial charge is 0.462 e. The Bertz CT molecular complexity index is 525. The number of ether oxygens (including phenoxy) is 1. The van der Waals surface area contributed by atoms with Crippen molar-refractivity contribution >= 4 is 5.97 Å². The Labute approximate surface area is 147 Å². The van der Waals surface area contributed by atoms with Crippen molar-refractivity contribution in [1.29, 1.82) is 0 Å². The monoisotopic (exact) mass is 328 g/mol. The molecule has 0 bridgehead atoms. The minimum atomic E-state index is -0.0522. The first-order valence-electron chi connectivity index (χ1n) is 10.0. The van der Waals surface area contributed by atoms with Gasteiger partial charge in [0.15, 0.2) is 0 Å². The zero-order valence-electron chi connectivity index (χ0n) is 15.3. The van der Waals surface area contributed by atoms with Crippen LogP contribution in [-0.4, -0.2) is 12.1 Å². The molecule has 1 aliphatic heterocycles. The molecule has 0 N–H and O–H groups in total. The Balaban J connectivity index is 1.54. The van der Waals surface area contributed by atoms with Crippen molar-refractivity contribution in [2.75, 3.05) is 0 Å². The van der Waals surface area contributed by atoms with Gasteiger partial charge in [-0.1, -0.05) is 63.8 Å². The molecule has 1 saturated carbocycles. The molecule has 0 aromatic heterocycles. The molecule has 1 aromatic rings. The highest BCUT2D eigenvalue weighted by molar-refractivity contribution is 5.79. The SMILES string of the molecule is CCCC1CCC(C2CCC(c3ccc(CC)cc3)C(=O)O2)CC1. The van der Waals surface area contributed by atoms with Gasteiger partial charge < -0.3 is 4.74 Å². The fourth-order valence-corrected chi connectivity index (χ4v) is 4.62. The van der Waals surface area contributed by atoms with E-state index in [9.17, 15) is 4.79 Å². The van der Waals surface area contributed by atoms with Gasteiger partial charge in [0.25, 0.3) is 0 Å². The van der Waals surface area contributed by atoms with E-state index in [1.807, 2.05) is 0 Å². The topological polar surface area (TPSA) is 26.3 Å². The number of esters is 1. The number of carbonyl (C=O) groups excluding carboxylic acids is 1. The fraction of sp³-hybridized carbons (Fsp3) is 0.682. The van der Waals surface area contributed by atoms with E-state index >= 15 is 0 Å². The van der Waals surface area contributed by atoms with E-state index in [1.54, 1.807) is 0 Å². The Morgan fingerprint density at radius 3 is 2.25 bits per heavy atom. The van der Waals surface area contributed by atoms with E-state index in [1.165, 1.54) is 44.1 Å². The maximum absolute atomic E-state index is 12.5. The number of hydrogen-bond donors (Lipinski definition) is 0. The lowest BCUT2D eigenvalue weighted by atomic mass is 9.75. The Morgan fingerprint density at radius 1 is 0.958 bits per heavy atom. The van der Waals surface area contributed by atoms with Crippen molar-refractivity contribution < 1.29 is 9.53 Å². The van der Waals surface area contributed by atoms with E-state index in [2.05, 4.69) is 38.1 Å². The van der Waals surface area contributed by atoms with E-state index in [-0.39, 0.29) is 18.0 Å². The van der Waals surface area contributed by atoms with E-state index < -0.39 is 0 Å². The summed E-state index contributed by atoms with van der Waals surface area (Å²) in [5.74, 6) is 1.47. The molecule has 132 valence electrons. The summed E-state index contributed by atoms with van der Waals surface area (Å²) in [4.78, 5) is 12.5. The fourth-order valence-electron chi connectivity index (χ4n) is 4.62. The summed E-state index contributed by atoms with van der Waals surface area (Å²) in [6, 6.07) is 8.51. The summed E-state index contributed by atoms with van der Waals surface area (Å²) in [7, 11) is 0. The van der Waals surface area contributed by atoms with Crippen molar-refractivity contribution in [1.82, 2.24) is 0 Å². The molecule has 3 rings (SSSR count). The third-order valence-electron chi connectivity index (χ3n) is 6.20. The highest BCUT2D eigenvalue weighted by Crippen LogP contribution is 2.39. The van der Waals surface area contributed by atoms with Gasteiger partial charge in [0.05, 0.1) is 5.92 Å². The predicted octanol–water partition coefficient (Wildman–Crippen LogP) is 5.64. The Kier molecular flexibility index (Phi) is 5.97. The summed E-state index contributed by atoms with van der Waals surface area (Å²) >= 11 is 0. The third kappa shape index (κ3) is 4.02. The molecule has 1 aliphatic carbocycles. The molecule has 0 amide bonds. The summed E-state index contributed by atoms with van der Waals surface area (Å²) in [6.07, 6.45) is 11.0. The predicted molar refractivity (Wildman–Crippen MR) is 98.0 cm³/mol. The number of rotatable bonds is 5. The third-order valence-corrected chi connectivity index (χ3v) is 6.20. The molecule has 24 heavy (non-hydrogen) atoms. The first-order chi connectivity index (χ1) is 11.7. The van der Waals surface area contributed by atoms with Crippen molar-refractivity contribution in [3.63, 3.8) is 0 Å². The maximum atomic E-state index is 12.5. The second kappa shape index (κ2) is 8.18. The van der Waals surface area contributed by atoms with Crippen LogP contribution in [0.25, 0.3) is 0 Å². The van der Waals surface area contributed by atoms with Gasteiger partial charge in [-0.2, -0.15) is 0 Å². The van der Waals surface area contributed by atoms with Crippen LogP contribution in [0.15, 0.2) is 24.3 Å². The van der Waals surface area contributed by atoms with Crippen LogP contribution < -0.4 is 0 Å². The minimum absolute atomic E-state index is 0.00572. The van der Waals surface area contributed by atoms with Gasteiger partial charge in [0.2, 0.25) is 0 Å². The quantitative estimate of drug-likeness (QED) is 0.653. The normalized spacial score (nSPS) is 30.8. The molecular weight excluding hydrogens is 296 g/mol. The molecule has 2 unspecified atom stereocenters. The van der Waals surface area contributed by atoms with E-state index in [0.29, 0.717) is 5.92 Å². The van der Waals surface area contributed by atoms with Crippen LogP contribution in [0, 0.1) is 11.8 Å². The molecule has 0 spiro atoms. The van der Waals surface area contributed by atoms with Crippen LogP contribution in [0.3, 0.4) is 0 Å². The summed E-state index contributed by atoms with van der Waals surface area (Å²) in [5, 5.41) is 0. The first-order valence-corrected chi connectivity index (χ1v) is 10.0. The molecule has 1 heterocycles. The van der Waals surface area contributed by atoms with Gasteiger partial charge in [0, 0.05) is 0 Å². The van der Waals surface area contributed by atoms with Gasteiger partial charge in [-0.3, -0.25) is 4.79 Å². The Hall–Kier alpha value is -1.31. The standard InChI is InChI=1S/C22H32O2/c1-3-5-17-8-12-19(13-9-17)21-15-14-20(22(23)24-21)18-10-6-16(4-2)7-11-18/h6-7,10-11,17,19-21H,3-5,8-9,12-15H2,1-2H3. The summed E-state index contributed by atoms with van der Waals surface area (Å²) < 4.78 is 5.91. The lowest BCUT2D eigenvalue weighted by Gasteiger charge is -2.37. The molecule has 2 aliphatic rings. The van der Waals surface area contributed by atoms with Crippen LogP contribution >= 0.6 is 0 Å². The maximum Gasteiger partial charge on any atom is 0.313 e. The molecular formula is C22H32O2. The zero-order chi connectivity index (χ0) is 16.9. The summed E-state index contributed by atoms with van der Waals surface area (Å²) in [5.41, 5.74) is 2.45. The summed E-state index contributed by atoms with van der Waals surface area (Å²) in [6.45, 7) is 4.44. The second-order valence-corrected chi connectivity index (χ2v) is 7.77. The van der Waals surface area contributed by atoms with E-state index in [0.717, 1.165) is 30.7 Å². The molecule has 2 fully saturated rings. The average molecular weight is 328 g/mol. The molecule has 2 heteroatoms. The van der Waals surface area contributed by atoms with Crippen LogP contribution in [0.4, 0.5) is 0 Å². The molecule has 1 saturated heterocycles. The minimum Gasteiger partial charge on any atom is -0.462 e.